The predicted molar refractivity (Wildman–Crippen MR) is 198 cm³/mol. The lowest BCUT2D eigenvalue weighted by molar-refractivity contribution is -0.392. The van der Waals surface area contributed by atoms with E-state index in [0.29, 0.717) is 21.9 Å². The number of carbonyl (C=O) groups excluding carboxylic acids is 4. The van der Waals surface area contributed by atoms with Crippen molar-refractivity contribution in [2.24, 2.45) is 29.1 Å². The van der Waals surface area contributed by atoms with Crippen LogP contribution in [0, 0.1) is 55.1 Å². The first kappa shape index (κ1) is 35.8. The minimum absolute atomic E-state index is 0.00253. The molecule has 4 aromatic rings. The number of phenols is 1. The summed E-state index contributed by atoms with van der Waals surface area (Å²) in [6, 6.07) is 15.9. The fraction of sp³-hybridized carbons (Fsp3) is 0.282. The van der Waals surface area contributed by atoms with Crippen molar-refractivity contribution in [1.29, 1.82) is 0 Å². The monoisotopic (exact) mass is 767 g/mol. The van der Waals surface area contributed by atoms with Gasteiger partial charge in [0.15, 0.2) is 5.69 Å². The minimum atomic E-state index is -1.54. The van der Waals surface area contributed by atoms with Gasteiger partial charge in [0.05, 0.1) is 49.4 Å². The summed E-state index contributed by atoms with van der Waals surface area (Å²) in [5, 5.41) is 37.1. The van der Waals surface area contributed by atoms with Crippen LogP contribution >= 0.6 is 11.6 Å². The molecule has 55 heavy (non-hydrogen) atoms. The molecule has 3 fully saturated rings. The van der Waals surface area contributed by atoms with Gasteiger partial charge in [-0.2, -0.15) is 0 Å². The highest BCUT2D eigenvalue weighted by Crippen LogP contribution is 2.65. The van der Waals surface area contributed by atoms with E-state index in [1.54, 1.807) is 49.4 Å². The molecular weight excluding hydrogens is 737 g/mol. The van der Waals surface area contributed by atoms with Gasteiger partial charge >= 0.3 is 11.4 Å². The van der Waals surface area contributed by atoms with Gasteiger partial charge in [0.2, 0.25) is 23.6 Å². The zero-order valence-corrected chi connectivity index (χ0v) is 30.2. The quantitative estimate of drug-likeness (QED) is 0.0964. The lowest BCUT2D eigenvalue weighted by atomic mass is 9.51. The van der Waals surface area contributed by atoms with Crippen molar-refractivity contribution in [1.82, 2.24) is 0 Å². The number of nitro benzene ring substituents is 2. The number of nitrogens with zero attached hydrogens (tertiary/aromatic N) is 5. The SMILES string of the molecule is CN(C)c1c([N+](=O)[O-])cc(N2C(=O)[C@H]3[C@H](CC=C4[C@H]3C[C@H]3C(=O)N(c5ccc(F)c(Cl)c5)C(=O)[C@@]3(C)[C@H]4c3ccc4ccccc4c3O)C2=O)cc1[N+](=O)[O-]. The lowest BCUT2D eigenvalue weighted by Crippen LogP contribution is -2.48. The maximum atomic E-state index is 14.7. The van der Waals surface area contributed by atoms with Gasteiger partial charge in [-0.25, -0.2) is 14.2 Å². The van der Waals surface area contributed by atoms with Crippen LogP contribution in [0.2, 0.25) is 5.02 Å². The van der Waals surface area contributed by atoms with Crippen LogP contribution in [0.3, 0.4) is 0 Å². The molecule has 0 spiro atoms. The molecule has 0 bridgehead atoms. The van der Waals surface area contributed by atoms with Crippen molar-refractivity contribution in [2.75, 3.05) is 28.8 Å². The van der Waals surface area contributed by atoms with E-state index in [4.69, 9.17) is 11.6 Å². The molecule has 2 aliphatic heterocycles. The van der Waals surface area contributed by atoms with Crippen LogP contribution in [-0.2, 0) is 19.2 Å². The molecule has 0 aromatic heterocycles. The molecule has 4 aliphatic rings. The standard InChI is InChI=1S/C39H31ClFN5O9/c1-39-26(36(49)44(38(39)51)19-9-13-28(41)27(40)14-19)17-25-22(32(39)24-10-8-18-6-4-5-7-21(18)34(24)47)11-12-23-31(25)37(50)43(35(23)48)20-15-29(45(52)53)33(42(2)3)30(16-20)46(54)55/h4-11,13-16,23,25-26,31-32,47H,12,17H2,1-3H3/t23-,25+,26-,31-,32+,39+/m0/s1. The summed E-state index contributed by atoms with van der Waals surface area (Å²) >= 11 is 6.09. The number of hydrogen-bond donors (Lipinski definition) is 1. The van der Waals surface area contributed by atoms with Gasteiger partial charge in [0.1, 0.15) is 11.6 Å². The first-order chi connectivity index (χ1) is 26.1. The molecule has 1 N–H and O–H groups in total. The number of anilines is 3. The molecule has 1 saturated carbocycles. The third kappa shape index (κ3) is 4.98. The van der Waals surface area contributed by atoms with Crippen LogP contribution in [0.5, 0.6) is 5.75 Å². The van der Waals surface area contributed by atoms with Gasteiger partial charge < -0.3 is 10.0 Å². The summed E-state index contributed by atoms with van der Waals surface area (Å²) in [5.74, 6) is -8.68. The van der Waals surface area contributed by atoms with E-state index in [9.17, 15) is 48.9 Å². The fourth-order valence-corrected chi connectivity index (χ4v) is 9.62. The second kappa shape index (κ2) is 12.4. The molecule has 280 valence electrons. The number of allylic oxidation sites excluding steroid dienone is 2. The Bertz CT molecular complexity index is 2450. The number of rotatable bonds is 6. The van der Waals surface area contributed by atoms with E-state index < -0.39 is 85.7 Å². The Morgan fingerprint density at radius 2 is 1.55 bits per heavy atom. The van der Waals surface area contributed by atoms with E-state index in [1.165, 1.54) is 31.1 Å². The molecule has 0 unspecified atom stereocenters. The maximum Gasteiger partial charge on any atom is 0.301 e. The zero-order chi connectivity index (χ0) is 39.4. The van der Waals surface area contributed by atoms with Crippen LogP contribution in [0.4, 0.5) is 32.8 Å². The van der Waals surface area contributed by atoms with Crippen molar-refractivity contribution < 1.29 is 38.5 Å². The number of amides is 4. The highest BCUT2D eigenvalue weighted by atomic mass is 35.5. The number of halogens is 2. The van der Waals surface area contributed by atoms with Gasteiger partial charge in [-0.15, -0.1) is 0 Å². The molecule has 2 heterocycles. The third-order valence-electron chi connectivity index (χ3n) is 11.8. The van der Waals surface area contributed by atoms with Gasteiger partial charge in [-0.1, -0.05) is 59.6 Å². The van der Waals surface area contributed by atoms with E-state index in [2.05, 4.69) is 0 Å². The number of imide groups is 2. The average molecular weight is 768 g/mol. The topological polar surface area (TPSA) is 185 Å². The fourth-order valence-electron chi connectivity index (χ4n) is 9.44. The number of nitro groups is 2. The summed E-state index contributed by atoms with van der Waals surface area (Å²) in [4.78, 5) is 83.6. The smallest absolute Gasteiger partial charge is 0.301 e. The number of fused-ring (bicyclic) bond motifs is 5. The van der Waals surface area contributed by atoms with Gasteiger partial charge in [0.25, 0.3) is 0 Å². The Morgan fingerprint density at radius 1 is 0.873 bits per heavy atom. The van der Waals surface area contributed by atoms with Gasteiger partial charge in [0, 0.05) is 43.1 Å². The van der Waals surface area contributed by atoms with Crippen molar-refractivity contribution >= 4 is 74.4 Å². The molecule has 2 aliphatic carbocycles. The van der Waals surface area contributed by atoms with Crippen LogP contribution in [0.25, 0.3) is 10.8 Å². The Hall–Kier alpha value is -6.22. The first-order valence-corrected chi connectivity index (χ1v) is 17.7. The number of phenolic OH excluding ortho intramolecular Hbond substituents is 1. The second-order valence-corrected chi connectivity index (χ2v) is 15.1. The van der Waals surface area contributed by atoms with Crippen molar-refractivity contribution in [3.05, 3.63) is 115 Å². The van der Waals surface area contributed by atoms with Gasteiger partial charge in [-0.3, -0.25) is 39.4 Å². The molecule has 2 saturated heterocycles. The number of aromatic hydroxyl groups is 1. The highest BCUT2D eigenvalue weighted by molar-refractivity contribution is 6.32. The minimum Gasteiger partial charge on any atom is -0.507 e. The maximum absolute atomic E-state index is 14.7. The second-order valence-electron chi connectivity index (χ2n) is 14.7. The molecule has 4 amide bonds. The van der Waals surface area contributed by atoms with Gasteiger partial charge in [-0.05, 0) is 49.3 Å². The lowest BCUT2D eigenvalue weighted by Gasteiger charge is -2.49. The molecule has 4 aromatic carbocycles. The highest BCUT2D eigenvalue weighted by Gasteiger charge is 2.68. The summed E-state index contributed by atoms with van der Waals surface area (Å²) < 4.78 is 14.2. The normalized spacial score (nSPS) is 25.8. The van der Waals surface area contributed by atoms with E-state index in [0.717, 1.165) is 28.0 Å². The predicted octanol–water partition coefficient (Wildman–Crippen LogP) is 6.66. The van der Waals surface area contributed by atoms with E-state index in [-0.39, 0.29) is 40.7 Å². The number of carbonyl (C=O) groups is 4. The summed E-state index contributed by atoms with van der Waals surface area (Å²) in [7, 11) is 2.79. The summed E-state index contributed by atoms with van der Waals surface area (Å²) in [6.45, 7) is 1.63. The summed E-state index contributed by atoms with van der Waals surface area (Å²) in [5.41, 5.74) is -2.66. The Balaban J connectivity index is 1.29. The molecular formula is C39H31ClFN5O9. The van der Waals surface area contributed by atoms with Crippen LogP contribution in [0.1, 0.15) is 31.2 Å². The average Bonchev–Trinajstić information content (AvgIpc) is 3.52. The first-order valence-electron chi connectivity index (χ1n) is 17.3. The van der Waals surface area contributed by atoms with Crippen molar-refractivity contribution in [3.8, 4) is 5.75 Å². The molecule has 14 nitrogen and oxygen atoms in total. The molecule has 0 radical (unpaired) electrons. The third-order valence-corrected chi connectivity index (χ3v) is 12.1. The van der Waals surface area contributed by atoms with E-state index in [1.807, 2.05) is 0 Å². The largest absolute Gasteiger partial charge is 0.507 e. The van der Waals surface area contributed by atoms with E-state index >= 15 is 0 Å². The Labute approximate surface area is 316 Å². The van der Waals surface area contributed by atoms with Crippen LogP contribution in [-0.4, -0.2) is 52.7 Å². The molecule has 6 atom stereocenters. The Morgan fingerprint density at radius 3 is 2.18 bits per heavy atom. The van der Waals surface area contributed by atoms with Crippen molar-refractivity contribution in [3.63, 3.8) is 0 Å². The van der Waals surface area contributed by atoms with Crippen LogP contribution < -0.4 is 14.7 Å². The molecule has 8 rings (SSSR count). The zero-order valence-electron chi connectivity index (χ0n) is 29.4. The molecule has 16 heteroatoms. The Kier molecular flexibility index (Phi) is 8.08. The van der Waals surface area contributed by atoms with Crippen LogP contribution in [0.15, 0.2) is 78.4 Å². The number of benzene rings is 4. The number of hydrogen-bond acceptors (Lipinski definition) is 10. The van der Waals surface area contributed by atoms with Crippen molar-refractivity contribution in [2.45, 2.75) is 25.7 Å². The summed E-state index contributed by atoms with van der Waals surface area (Å²) in [6.07, 6.45) is 1.69.